The molecule has 7 heteroatoms. The Bertz CT molecular complexity index is 625. The van der Waals surface area contributed by atoms with Gasteiger partial charge < -0.3 is 18.6 Å². The van der Waals surface area contributed by atoms with Crippen LogP contribution in [0.3, 0.4) is 0 Å². The third kappa shape index (κ3) is 2.86. The Hall–Kier alpha value is -2.83. The normalized spacial score (nSPS) is 10.0. The number of esters is 2. The summed E-state index contributed by atoms with van der Waals surface area (Å²) in [4.78, 5) is 27.2. The van der Waals surface area contributed by atoms with E-state index >= 15 is 0 Å². The molecule has 0 amide bonds. The first-order valence-corrected chi connectivity index (χ1v) is 5.92. The lowest BCUT2D eigenvalue weighted by atomic mass is 10.2. The summed E-state index contributed by atoms with van der Waals surface area (Å²) in [6, 6.07) is 6.78. The molecule has 0 unspecified atom stereocenters. The highest BCUT2D eigenvalue weighted by atomic mass is 16.5. The molecule has 0 atom stereocenters. The van der Waals surface area contributed by atoms with Crippen LogP contribution < -0.4 is 4.74 Å². The van der Waals surface area contributed by atoms with Crippen molar-refractivity contribution in [2.45, 2.75) is 0 Å². The van der Waals surface area contributed by atoms with Crippen LogP contribution in [0.2, 0.25) is 0 Å². The lowest BCUT2D eigenvalue weighted by molar-refractivity contribution is 0.0527. The summed E-state index contributed by atoms with van der Waals surface area (Å²) in [6.45, 7) is 0. The number of aromatic nitrogens is 1. The van der Waals surface area contributed by atoms with Gasteiger partial charge in [0.25, 0.3) is 0 Å². The average Bonchev–Trinajstić information content (AvgIpc) is 2.98. The molecule has 1 aromatic heterocycles. The zero-order chi connectivity index (χ0) is 15.4. The van der Waals surface area contributed by atoms with Gasteiger partial charge in [-0.15, -0.1) is 0 Å². The highest BCUT2D eigenvalue weighted by Gasteiger charge is 2.27. The monoisotopic (exact) mass is 291 g/mol. The predicted molar refractivity (Wildman–Crippen MR) is 71.2 cm³/mol. The van der Waals surface area contributed by atoms with Crippen LogP contribution in [0, 0.1) is 0 Å². The predicted octanol–water partition coefficient (Wildman–Crippen LogP) is 1.92. The van der Waals surface area contributed by atoms with E-state index in [0.717, 1.165) is 0 Å². The molecule has 0 bridgehead atoms. The molecule has 0 aliphatic heterocycles. The first-order chi connectivity index (χ1) is 10.1. The summed E-state index contributed by atoms with van der Waals surface area (Å²) < 4.78 is 19.5. The van der Waals surface area contributed by atoms with Crippen LogP contribution in [0.25, 0.3) is 11.5 Å². The van der Waals surface area contributed by atoms with E-state index in [1.807, 2.05) is 0 Å². The standard InChI is InChI=1S/C14H13NO6/c1-18-9-6-4-8(5-7-9)12-15-10(13(16)19-2)11(21-12)14(17)20-3/h4-7H,1-3H3. The van der Waals surface area contributed by atoms with Gasteiger partial charge in [-0.3, -0.25) is 0 Å². The topological polar surface area (TPSA) is 87.9 Å². The molecule has 1 heterocycles. The molecule has 1 aromatic carbocycles. The van der Waals surface area contributed by atoms with E-state index in [1.165, 1.54) is 14.2 Å². The Morgan fingerprint density at radius 1 is 1.00 bits per heavy atom. The summed E-state index contributed by atoms with van der Waals surface area (Å²) in [5.41, 5.74) is 0.353. The molecule has 0 fully saturated rings. The van der Waals surface area contributed by atoms with Crippen LogP contribution in [-0.4, -0.2) is 38.3 Å². The summed E-state index contributed by atoms with van der Waals surface area (Å²) in [7, 11) is 3.91. The number of ether oxygens (including phenoxy) is 3. The highest BCUT2D eigenvalue weighted by Crippen LogP contribution is 2.25. The molecule has 0 saturated carbocycles. The minimum absolute atomic E-state index is 0.110. The van der Waals surface area contributed by atoms with Crippen molar-refractivity contribution in [1.29, 1.82) is 0 Å². The number of carbonyl (C=O) groups excluding carboxylic acids is 2. The van der Waals surface area contributed by atoms with Gasteiger partial charge in [0, 0.05) is 5.56 Å². The number of methoxy groups -OCH3 is 3. The molecule has 0 radical (unpaired) electrons. The van der Waals surface area contributed by atoms with E-state index in [1.54, 1.807) is 31.4 Å². The number of rotatable bonds is 4. The molecule has 0 spiro atoms. The molecule has 0 aliphatic carbocycles. The summed E-state index contributed by atoms with van der Waals surface area (Å²) in [6.07, 6.45) is 0. The van der Waals surface area contributed by atoms with Crippen LogP contribution in [0.5, 0.6) is 5.75 Å². The maximum absolute atomic E-state index is 11.6. The number of oxazole rings is 1. The Morgan fingerprint density at radius 3 is 2.14 bits per heavy atom. The van der Waals surface area contributed by atoms with E-state index in [2.05, 4.69) is 14.5 Å². The van der Waals surface area contributed by atoms with Gasteiger partial charge in [0.2, 0.25) is 17.3 Å². The van der Waals surface area contributed by atoms with Crippen molar-refractivity contribution in [2.24, 2.45) is 0 Å². The van der Waals surface area contributed by atoms with Crippen molar-refractivity contribution >= 4 is 11.9 Å². The van der Waals surface area contributed by atoms with Gasteiger partial charge in [0.1, 0.15) is 5.75 Å². The van der Waals surface area contributed by atoms with Crippen LogP contribution in [0.15, 0.2) is 28.7 Å². The number of hydrogen-bond acceptors (Lipinski definition) is 7. The molecule has 2 aromatic rings. The second kappa shape index (κ2) is 6.08. The van der Waals surface area contributed by atoms with E-state index < -0.39 is 11.9 Å². The van der Waals surface area contributed by atoms with Crippen molar-refractivity contribution in [3.8, 4) is 17.2 Å². The van der Waals surface area contributed by atoms with E-state index in [9.17, 15) is 9.59 Å². The van der Waals surface area contributed by atoms with E-state index in [0.29, 0.717) is 11.3 Å². The number of benzene rings is 1. The van der Waals surface area contributed by atoms with Crippen molar-refractivity contribution < 1.29 is 28.2 Å². The number of nitrogens with zero attached hydrogens (tertiary/aromatic N) is 1. The first kappa shape index (κ1) is 14.6. The van der Waals surface area contributed by atoms with Crippen molar-refractivity contribution in [1.82, 2.24) is 4.98 Å². The number of hydrogen-bond donors (Lipinski definition) is 0. The molecule has 7 nitrogen and oxygen atoms in total. The minimum Gasteiger partial charge on any atom is -0.497 e. The fourth-order valence-electron chi connectivity index (χ4n) is 1.64. The third-order valence-corrected chi connectivity index (χ3v) is 2.71. The quantitative estimate of drug-likeness (QED) is 0.795. The van der Waals surface area contributed by atoms with Crippen LogP contribution in [0.4, 0.5) is 0 Å². The fraction of sp³-hybridized carbons (Fsp3) is 0.214. The fourth-order valence-corrected chi connectivity index (χ4v) is 1.64. The van der Waals surface area contributed by atoms with E-state index in [4.69, 9.17) is 9.15 Å². The van der Waals surface area contributed by atoms with Gasteiger partial charge in [-0.1, -0.05) is 0 Å². The molecule has 0 N–H and O–H groups in total. The molecular weight excluding hydrogens is 278 g/mol. The van der Waals surface area contributed by atoms with Gasteiger partial charge in [-0.2, -0.15) is 0 Å². The highest BCUT2D eigenvalue weighted by molar-refractivity contribution is 6.00. The third-order valence-electron chi connectivity index (χ3n) is 2.71. The Kier molecular flexibility index (Phi) is 4.22. The molecule has 110 valence electrons. The van der Waals surface area contributed by atoms with Crippen molar-refractivity contribution in [3.63, 3.8) is 0 Å². The summed E-state index contributed by atoms with van der Waals surface area (Å²) in [5, 5.41) is 0. The van der Waals surface area contributed by atoms with Crippen molar-refractivity contribution in [3.05, 3.63) is 35.7 Å². The van der Waals surface area contributed by atoms with E-state index in [-0.39, 0.29) is 17.3 Å². The first-order valence-electron chi connectivity index (χ1n) is 5.92. The lowest BCUT2D eigenvalue weighted by Gasteiger charge is -1.99. The average molecular weight is 291 g/mol. The van der Waals surface area contributed by atoms with Crippen LogP contribution in [-0.2, 0) is 9.47 Å². The van der Waals surface area contributed by atoms with Crippen molar-refractivity contribution in [2.75, 3.05) is 21.3 Å². The van der Waals surface area contributed by atoms with Gasteiger partial charge in [0.05, 0.1) is 21.3 Å². The van der Waals surface area contributed by atoms with Gasteiger partial charge in [-0.05, 0) is 24.3 Å². The largest absolute Gasteiger partial charge is 0.497 e. The van der Waals surface area contributed by atoms with Gasteiger partial charge in [-0.25, -0.2) is 14.6 Å². The minimum atomic E-state index is -0.803. The Balaban J connectivity index is 2.46. The zero-order valence-electron chi connectivity index (χ0n) is 11.7. The second-order valence-electron chi connectivity index (χ2n) is 3.91. The maximum Gasteiger partial charge on any atom is 0.376 e. The molecule has 0 aliphatic rings. The molecule has 0 saturated heterocycles. The lowest BCUT2D eigenvalue weighted by Crippen LogP contribution is -2.10. The second-order valence-corrected chi connectivity index (χ2v) is 3.91. The SMILES string of the molecule is COC(=O)c1nc(-c2ccc(OC)cc2)oc1C(=O)OC. The molecule has 21 heavy (non-hydrogen) atoms. The molecule has 2 rings (SSSR count). The maximum atomic E-state index is 11.6. The van der Waals surface area contributed by atoms with Gasteiger partial charge in [0.15, 0.2) is 0 Å². The summed E-state index contributed by atoms with van der Waals surface area (Å²) >= 11 is 0. The van der Waals surface area contributed by atoms with Gasteiger partial charge >= 0.3 is 11.9 Å². The van der Waals surface area contributed by atoms with Crippen LogP contribution in [0.1, 0.15) is 21.0 Å². The Morgan fingerprint density at radius 2 is 1.62 bits per heavy atom. The zero-order valence-corrected chi connectivity index (χ0v) is 11.7. The van der Waals surface area contributed by atoms with Crippen LogP contribution >= 0.6 is 0 Å². The summed E-state index contributed by atoms with van der Waals surface area (Å²) in [5.74, 6) is -1.11. The number of carbonyl (C=O) groups is 2. The Labute approximate surface area is 120 Å². The molecular formula is C14H13NO6. The smallest absolute Gasteiger partial charge is 0.376 e.